The normalized spacial score (nSPS) is 16.5. The maximum atomic E-state index is 14.5. The molecular weight excluding hydrogens is 1550 g/mol. The first-order valence-electron chi connectivity index (χ1n) is 38.5. The molecule has 0 unspecified atom stereocenters. The number of benzene rings is 4. The lowest BCUT2D eigenvalue weighted by Crippen LogP contribution is -2.58. The number of halogens is 1. The van der Waals surface area contributed by atoms with Crippen LogP contribution in [0.25, 0.3) is 15.4 Å². The van der Waals surface area contributed by atoms with Crippen molar-refractivity contribution in [2.45, 2.75) is 163 Å². The van der Waals surface area contributed by atoms with Crippen LogP contribution in [0.2, 0.25) is 5.02 Å². The van der Waals surface area contributed by atoms with Crippen LogP contribution in [0.15, 0.2) is 114 Å². The number of aryl methyl sites for hydroxylation is 3. The Hall–Kier alpha value is -11.3. The van der Waals surface area contributed by atoms with Gasteiger partial charge in [0.1, 0.15) is 66.0 Å². The van der Waals surface area contributed by atoms with E-state index in [4.69, 9.17) is 36.5 Å². The monoisotopic (exact) mass is 1640 g/mol. The fourth-order valence-corrected chi connectivity index (χ4v) is 16.2. The first-order valence-corrected chi connectivity index (χ1v) is 40.6. The first-order chi connectivity index (χ1) is 55.5. The predicted molar refractivity (Wildman–Crippen MR) is 436 cm³/mol. The van der Waals surface area contributed by atoms with Gasteiger partial charge in [0.2, 0.25) is 41.4 Å². The van der Waals surface area contributed by atoms with Crippen LogP contribution < -0.4 is 53.0 Å². The number of nitrogens with two attached hydrogens (primary N) is 1. The third-order valence-electron chi connectivity index (χ3n) is 20.6. The summed E-state index contributed by atoms with van der Waals surface area (Å²) in [5, 5.41) is 43.6. The Morgan fingerprint density at radius 3 is 2.16 bits per heavy atom. The molecule has 1 saturated carbocycles. The molecular formula is C82H97ClN16O15S2. The minimum absolute atomic E-state index is 0.00809. The number of hydrogen-bond acceptors (Lipinski definition) is 21. The summed E-state index contributed by atoms with van der Waals surface area (Å²) in [5.74, 6) is -2.93. The number of imide groups is 1. The van der Waals surface area contributed by atoms with E-state index in [1.54, 1.807) is 92.2 Å². The quantitative estimate of drug-likeness (QED) is 0.0100. The summed E-state index contributed by atoms with van der Waals surface area (Å²) >= 11 is 9.47. The summed E-state index contributed by atoms with van der Waals surface area (Å²) in [6, 6.07) is 21.7. The van der Waals surface area contributed by atoms with E-state index in [-0.39, 0.29) is 133 Å². The molecule has 11 N–H and O–H groups in total. The van der Waals surface area contributed by atoms with Gasteiger partial charge in [0.05, 0.1) is 47.5 Å². The van der Waals surface area contributed by atoms with Crippen LogP contribution in [0.5, 0.6) is 5.75 Å². The van der Waals surface area contributed by atoms with Crippen molar-refractivity contribution in [3.05, 3.63) is 169 Å². The zero-order valence-electron chi connectivity index (χ0n) is 65.7. The van der Waals surface area contributed by atoms with Gasteiger partial charge in [-0.25, -0.2) is 14.6 Å². The second-order valence-corrected chi connectivity index (χ2v) is 32.7. The van der Waals surface area contributed by atoms with E-state index in [0.717, 1.165) is 53.2 Å². The van der Waals surface area contributed by atoms with Gasteiger partial charge in [-0.15, -0.1) is 32.9 Å². The molecule has 4 aromatic carbocycles. The van der Waals surface area contributed by atoms with Crippen molar-refractivity contribution in [2.24, 2.45) is 21.6 Å². The van der Waals surface area contributed by atoms with Gasteiger partial charge < -0.3 is 67.2 Å². The number of aliphatic hydroxyl groups excluding tert-OH is 1. The molecule has 11 rings (SSSR count). The van der Waals surface area contributed by atoms with Crippen molar-refractivity contribution < 1.29 is 72.1 Å². The number of hydrogen-bond donors (Lipinski definition) is 10. The molecule has 5 atom stereocenters. The highest BCUT2D eigenvalue weighted by Crippen LogP contribution is 2.43. The number of ether oxygens (including phenoxy) is 3. The van der Waals surface area contributed by atoms with Crippen molar-refractivity contribution in [3.63, 3.8) is 0 Å². The Kier molecular flexibility index (Phi) is 28.7. The van der Waals surface area contributed by atoms with E-state index in [1.165, 1.54) is 28.4 Å². The van der Waals surface area contributed by atoms with Crippen LogP contribution in [0.3, 0.4) is 0 Å². The number of carbonyl (C=O) groups excluding carboxylic acids is 11. The molecule has 34 heteroatoms. The van der Waals surface area contributed by atoms with E-state index in [9.17, 15) is 57.8 Å². The number of primary amides is 1. The molecule has 116 heavy (non-hydrogen) atoms. The van der Waals surface area contributed by atoms with Crippen LogP contribution >= 0.6 is 34.3 Å². The molecule has 1 aliphatic carbocycles. The molecule has 6 heterocycles. The zero-order valence-corrected chi connectivity index (χ0v) is 68.1. The number of urea groups is 1. The lowest BCUT2D eigenvalue weighted by Gasteiger charge is -2.39. The number of aliphatic imine (C=N–C) groups is 1. The number of fused-ring (bicyclic) bond motifs is 3. The molecule has 0 bridgehead atoms. The first kappa shape index (κ1) is 85.6. The number of nitrogens with one attached hydrogen (secondary N) is 8. The fourth-order valence-electron chi connectivity index (χ4n) is 14.0. The Morgan fingerprint density at radius 2 is 1.47 bits per heavy atom. The van der Waals surface area contributed by atoms with Crippen molar-refractivity contribution in [1.29, 1.82) is 0 Å². The molecule has 31 nitrogen and oxygen atoms in total. The van der Waals surface area contributed by atoms with Crippen LogP contribution in [0, 0.1) is 38.5 Å². The summed E-state index contributed by atoms with van der Waals surface area (Å²) < 4.78 is 19.8. The standard InChI is InChI=1S/C82H97ClN16O15S2/c1-47-49(3)116-76-68(47)69(54-20-22-56(83)23-21-54)92-62(72-96-95-50(4)99(72)76)41-64(101)85-33-36-113-60-38-53(28-35-112-45-65(102)94-71(81(5,6)7)75(107)98-43-59(100)40-63(98)74(106)88-42-51-14-18-55(19-15-51)70-48(2)89-46-115-70)37-58(39-60)91-80(111)114-44-52-16-24-57(25-17-52)90-73(105)61(13-11-32-87-79(84)110)93-78(109)82(29-12-30-82)77(108)86-31-9-8-10-34-97-66(103)26-27-67(97)104/h14-27,37-39,46,59,61-63,71,100H,8-13,28-36,40-45H2,1-7H3,(H,85,101)(H,86,108)(H,88,106)(H,90,105)(H,91,111)(H,93,109)(H,94,102)(H3,84,87,110)/t59-,61+,62+,63+,71-/m1/s1. The number of nitrogens with zero attached hydrogens (tertiary/aromatic N) is 7. The van der Waals surface area contributed by atoms with Gasteiger partial charge in [0.15, 0.2) is 5.82 Å². The van der Waals surface area contributed by atoms with Crippen molar-refractivity contribution in [1.82, 2.24) is 61.4 Å². The molecule has 12 amide bonds. The number of unbranched alkanes of at least 4 members (excludes halogenated alkanes) is 2. The lowest BCUT2D eigenvalue weighted by atomic mass is 9.67. The number of likely N-dealkylation sites (tertiary alicyclic amines) is 1. The molecule has 3 aliphatic heterocycles. The average molecular weight is 1650 g/mol. The number of anilines is 2. The Morgan fingerprint density at radius 1 is 0.750 bits per heavy atom. The van der Waals surface area contributed by atoms with Gasteiger partial charge in [-0.2, -0.15) is 0 Å². The largest absolute Gasteiger partial charge is 0.492 e. The van der Waals surface area contributed by atoms with Crippen LogP contribution in [0.1, 0.15) is 147 Å². The highest BCUT2D eigenvalue weighted by atomic mass is 35.5. The van der Waals surface area contributed by atoms with E-state index < -0.39 is 95.3 Å². The maximum absolute atomic E-state index is 14.5. The third kappa shape index (κ3) is 21.8. The molecule has 7 aromatic rings. The number of aliphatic hydroxyl groups is 1. The van der Waals surface area contributed by atoms with Gasteiger partial charge in [-0.05, 0) is 149 Å². The number of amides is 12. The summed E-state index contributed by atoms with van der Waals surface area (Å²) in [6.45, 7) is 13.2. The minimum atomic E-state index is -1.41. The van der Waals surface area contributed by atoms with E-state index in [2.05, 4.69) is 57.7 Å². The predicted octanol–water partition coefficient (Wildman–Crippen LogP) is 8.19. The number of β-amino-alcohol motifs (C(OH)–C–C–N with tert-alkyl or cyclic N) is 1. The Labute approximate surface area is 684 Å². The molecule has 1 saturated heterocycles. The van der Waals surface area contributed by atoms with Gasteiger partial charge in [-0.3, -0.25) is 62.9 Å². The van der Waals surface area contributed by atoms with Crippen LogP contribution in [0.4, 0.5) is 21.0 Å². The summed E-state index contributed by atoms with van der Waals surface area (Å²) in [7, 11) is 0. The van der Waals surface area contributed by atoms with Crippen molar-refractivity contribution >= 4 is 117 Å². The Bertz CT molecular complexity index is 4840. The average Bonchev–Trinajstić information content (AvgIpc) is 1.56. The zero-order chi connectivity index (χ0) is 83.0. The molecule has 614 valence electrons. The minimum Gasteiger partial charge on any atom is -0.492 e. The molecule has 0 radical (unpaired) electrons. The molecule has 2 fully saturated rings. The van der Waals surface area contributed by atoms with E-state index >= 15 is 0 Å². The van der Waals surface area contributed by atoms with Gasteiger partial charge >= 0.3 is 12.1 Å². The fraction of sp³-hybridized carbons (Fsp3) is 0.427. The number of thiophene rings is 1. The van der Waals surface area contributed by atoms with Gasteiger partial charge in [0, 0.05) is 89.8 Å². The van der Waals surface area contributed by atoms with E-state index in [1.807, 2.05) is 68.7 Å². The topological polar surface area (TPSA) is 420 Å². The summed E-state index contributed by atoms with van der Waals surface area (Å²) in [6.07, 6.45) is 3.84. The third-order valence-corrected chi connectivity index (χ3v) is 23.0. The summed E-state index contributed by atoms with van der Waals surface area (Å²) in [5.41, 5.74) is 12.7. The van der Waals surface area contributed by atoms with Gasteiger partial charge in [-0.1, -0.05) is 87.3 Å². The second-order valence-electron chi connectivity index (χ2n) is 30.2. The molecule has 3 aromatic heterocycles. The highest BCUT2D eigenvalue weighted by Gasteiger charge is 2.52. The smallest absolute Gasteiger partial charge is 0.411 e. The SMILES string of the molecule is Cc1ncsc1-c1ccc(CNC(=O)[C@@H]2C[C@@H](O)CN2C(=O)[C@@H](NC(=O)COCCc2cc(NC(=O)OCc3ccc(NC(=O)[C@H](CCCNC(N)=O)NC(=O)C4(C(=O)NCCCCCN5C(=O)C=CC5=O)CCC4)cc3)cc(OCCNC(=O)C[C@@H]3N=C(c4ccc(Cl)cc4)c4c(sc(C)c4C)-n4c(C)nnc43)c2)C(C)(C)C)cc1. The van der Waals surface area contributed by atoms with E-state index in [0.29, 0.717) is 64.9 Å². The Balaban J connectivity index is 0.709. The number of aromatic nitrogens is 4. The van der Waals surface area contributed by atoms with Crippen LogP contribution in [-0.4, -0.2) is 182 Å². The highest BCUT2D eigenvalue weighted by molar-refractivity contribution is 7.15. The lowest BCUT2D eigenvalue weighted by molar-refractivity contribution is -0.151. The summed E-state index contributed by atoms with van der Waals surface area (Å²) in [4.78, 5) is 161. The number of thiazole rings is 1. The number of rotatable bonds is 36. The molecule has 4 aliphatic rings. The number of carbonyl (C=O) groups is 11. The van der Waals surface area contributed by atoms with Crippen molar-refractivity contribution in [2.75, 3.05) is 63.2 Å². The second kappa shape index (κ2) is 38.9. The van der Waals surface area contributed by atoms with Gasteiger partial charge in [0.25, 0.3) is 11.8 Å². The van der Waals surface area contributed by atoms with Crippen LogP contribution in [-0.2, 0) is 72.2 Å². The molecule has 0 spiro atoms. The maximum Gasteiger partial charge on any atom is 0.411 e. The van der Waals surface area contributed by atoms with Crippen molar-refractivity contribution in [3.8, 4) is 21.2 Å².